The lowest BCUT2D eigenvalue weighted by Crippen LogP contribution is -2.26. The Morgan fingerprint density at radius 2 is 1.97 bits per heavy atom. The van der Waals surface area contributed by atoms with E-state index in [0.717, 1.165) is 18.4 Å². The van der Waals surface area contributed by atoms with Crippen LogP contribution in [0.4, 0.5) is 0 Å². The van der Waals surface area contributed by atoms with E-state index in [2.05, 4.69) is 27.4 Å². The van der Waals surface area contributed by atoms with Crippen molar-refractivity contribution in [2.24, 2.45) is 0 Å². The van der Waals surface area contributed by atoms with E-state index in [1.54, 1.807) is 25.3 Å². The fourth-order valence-corrected chi connectivity index (χ4v) is 4.17. The number of rotatable bonds is 9. The van der Waals surface area contributed by atoms with Gasteiger partial charge in [-0.1, -0.05) is 18.2 Å². The first kappa shape index (κ1) is 22.0. The predicted octanol–water partition coefficient (Wildman–Crippen LogP) is 3.94. The molecule has 0 bridgehead atoms. The van der Waals surface area contributed by atoms with Gasteiger partial charge in [-0.25, -0.2) is 0 Å². The lowest BCUT2D eigenvalue weighted by atomic mass is 10.1. The van der Waals surface area contributed by atoms with Crippen molar-refractivity contribution in [2.45, 2.75) is 25.8 Å². The number of carbonyl (C=O) groups is 1. The minimum atomic E-state index is -0.172. The van der Waals surface area contributed by atoms with Crippen LogP contribution in [0.15, 0.2) is 53.5 Å². The number of benzene rings is 2. The number of carbonyl (C=O) groups excluding carboxylic acids is 1. The number of hydrogen-bond donors (Lipinski definition) is 3. The Hall–Kier alpha value is -3.23. The molecule has 7 nitrogen and oxygen atoms in total. The third-order valence-electron chi connectivity index (χ3n) is 5.56. The quantitative estimate of drug-likeness (QED) is 0.266. The van der Waals surface area contributed by atoms with E-state index < -0.39 is 0 Å². The average molecular weight is 451 g/mol. The van der Waals surface area contributed by atoms with Crippen LogP contribution in [0.3, 0.4) is 0 Å². The number of methoxy groups -OCH3 is 1. The van der Waals surface area contributed by atoms with Crippen LogP contribution in [-0.4, -0.2) is 40.7 Å². The van der Waals surface area contributed by atoms with Gasteiger partial charge in [-0.15, -0.1) is 0 Å². The molecule has 0 aliphatic heterocycles. The second-order valence-electron chi connectivity index (χ2n) is 7.71. The number of fused-ring (bicyclic) bond motifs is 2. The first-order valence-electron chi connectivity index (χ1n) is 10.7. The summed E-state index contributed by atoms with van der Waals surface area (Å²) >= 11 is 5.35. The van der Waals surface area contributed by atoms with Crippen LogP contribution < -0.4 is 10.9 Å². The number of aromatic nitrogens is 3. The predicted molar refractivity (Wildman–Crippen MR) is 129 cm³/mol. The molecule has 3 N–H and O–H groups in total. The normalized spacial score (nSPS) is 11.3. The SMILES string of the molecule is COCCCn1c(=S)[nH]c2cc(C(=O)NCCCc3c[nH]c4ccccc34)ccc2c1=O. The number of aromatic amines is 2. The van der Waals surface area contributed by atoms with Gasteiger partial charge in [0.05, 0.1) is 10.9 Å². The van der Waals surface area contributed by atoms with Crippen molar-refractivity contribution in [1.82, 2.24) is 19.9 Å². The van der Waals surface area contributed by atoms with Crippen LogP contribution >= 0.6 is 12.2 Å². The topological polar surface area (TPSA) is 91.9 Å². The highest BCUT2D eigenvalue weighted by molar-refractivity contribution is 7.71. The Balaban J connectivity index is 1.40. The number of para-hydroxylation sites is 1. The maximum Gasteiger partial charge on any atom is 0.262 e. The average Bonchev–Trinajstić information content (AvgIpc) is 3.21. The van der Waals surface area contributed by atoms with Gasteiger partial charge in [0, 0.05) is 49.5 Å². The summed E-state index contributed by atoms with van der Waals surface area (Å²) in [5.74, 6) is -0.172. The zero-order valence-corrected chi connectivity index (χ0v) is 18.8. The Bertz CT molecular complexity index is 1370. The third kappa shape index (κ3) is 4.66. The smallest absolute Gasteiger partial charge is 0.262 e. The van der Waals surface area contributed by atoms with Gasteiger partial charge in [-0.2, -0.15) is 0 Å². The van der Waals surface area contributed by atoms with E-state index in [1.807, 2.05) is 18.3 Å². The van der Waals surface area contributed by atoms with Crippen molar-refractivity contribution in [3.63, 3.8) is 0 Å². The molecule has 4 rings (SSSR count). The van der Waals surface area contributed by atoms with E-state index in [9.17, 15) is 9.59 Å². The van der Waals surface area contributed by atoms with Gasteiger partial charge >= 0.3 is 0 Å². The van der Waals surface area contributed by atoms with Crippen LogP contribution in [0.5, 0.6) is 0 Å². The zero-order chi connectivity index (χ0) is 22.5. The molecule has 8 heteroatoms. The van der Waals surface area contributed by atoms with E-state index in [4.69, 9.17) is 17.0 Å². The number of nitrogens with zero attached hydrogens (tertiary/aromatic N) is 1. The van der Waals surface area contributed by atoms with Gasteiger partial charge in [-0.3, -0.25) is 14.2 Å². The Labute approximate surface area is 190 Å². The number of ether oxygens (including phenoxy) is 1. The molecule has 0 atom stereocenters. The van der Waals surface area contributed by atoms with Gasteiger partial charge in [0.2, 0.25) is 0 Å². The molecule has 166 valence electrons. The highest BCUT2D eigenvalue weighted by atomic mass is 32.1. The highest BCUT2D eigenvalue weighted by Gasteiger charge is 2.11. The molecule has 2 aromatic heterocycles. The third-order valence-corrected chi connectivity index (χ3v) is 5.88. The maximum absolute atomic E-state index is 12.8. The maximum atomic E-state index is 12.8. The van der Waals surface area contributed by atoms with E-state index in [0.29, 0.717) is 47.4 Å². The fourth-order valence-electron chi connectivity index (χ4n) is 3.89. The number of hydrogen-bond acceptors (Lipinski definition) is 4. The second-order valence-corrected chi connectivity index (χ2v) is 8.10. The van der Waals surface area contributed by atoms with Crippen molar-refractivity contribution in [3.8, 4) is 0 Å². The van der Waals surface area contributed by atoms with Crippen LogP contribution in [0.1, 0.15) is 28.8 Å². The Morgan fingerprint density at radius 3 is 2.81 bits per heavy atom. The largest absolute Gasteiger partial charge is 0.385 e. The molecule has 0 saturated carbocycles. The number of H-pyrrole nitrogens is 2. The monoisotopic (exact) mass is 450 g/mol. The summed E-state index contributed by atoms with van der Waals surface area (Å²) in [6, 6.07) is 13.2. The Kier molecular flexibility index (Phi) is 6.82. The van der Waals surface area contributed by atoms with Gasteiger partial charge in [0.1, 0.15) is 0 Å². The van der Waals surface area contributed by atoms with E-state index in [1.165, 1.54) is 15.5 Å². The molecule has 0 spiro atoms. The van der Waals surface area contributed by atoms with Gasteiger partial charge < -0.3 is 20.0 Å². The minimum Gasteiger partial charge on any atom is -0.385 e. The summed E-state index contributed by atoms with van der Waals surface area (Å²) < 4.78 is 6.92. The molecule has 2 heterocycles. The fraction of sp³-hybridized carbons (Fsp3) is 0.292. The van der Waals surface area contributed by atoms with Gasteiger partial charge in [-0.05, 0) is 61.3 Å². The van der Waals surface area contributed by atoms with Crippen LogP contribution in [-0.2, 0) is 17.7 Å². The molecule has 0 unspecified atom stereocenters. The first-order valence-corrected chi connectivity index (χ1v) is 11.1. The van der Waals surface area contributed by atoms with Crippen LogP contribution in [0.2, 0.25) is 0 Å². The lowest BCUT2D eigenvalue weighted by molar-refractivity contribution is 0.0953. The summed E-state index contributed by atoms with van der Waals surface area (Å²) in [7, 11) is 1.62. The summed E-state index contributed by atoms with van der Waals surface area (Å²) in [5, 5.41) is 4.69. The number of nitrogens with one attached hydrogen (secondary N) is 3. The number of amides is 1. The van der Waals surface area contributed by atoms with Gasteiger partial charge in [0.25, 0.3) is 11.5 Å². The molecular formula is C24H26N4O3S. The standard InChI is InChI=1S/C24H26N4O3S/c1-31-13-5-12-28-23(30)19-10-9-16(14-21(19)27-24(28)32)22(29)25-11-4-6-17-15-26-20-8-3-2-7-18(17)20/h2-3,7-10,14-15,26H,4-6,11-13H2,1H3,(H,25,29)(H,27,32). The molecule has 1 amide bonds. The molecule has 2 aromatic carbocycles. The Morgan fingerprint density at radius 1 is 1.12 bits per heavy atom. The highest BCUT2D eigenvalue weighted by Crippen LogP contribution is 2.18. The summed E-state index contributed by atoms with van der Waals surface area (Å²) in [6.07, 6.45) is 4.42. The first-order chi connectivity index (χ1) is 15.6. The zero-order valence-electron chi connectivity index (χ0n) is 17.9. The van der Waals surface area contributed by atoms with Crippen molar-refractivity contribution >= 4 is 39.9 Å². The lowest BCUT2D eigenvalue weighted by Gasteiger charge is -2.09. The molecule has 0 radical (unpaired) electrons. The molecule has 0 aliphatic carbocycles. The van der Waals surface area contributed by atoms with Crippen LogP contribution in [0.25, 0.3) is 21.8 Å². The van der Waals surface area contributed by atoms with Gasteiger partial charge in [0.15, 0.2) is 4.77 Å². The number of aryl methyl sites for hydroxylation is 1. The molecule has 0 saturated heterocycles. The van der Waals surface area contributed by atoms with E-state index >= 15 is 0 Å². The molecular weight excluding hydrogens is 424 g/mol. The van der Waals surface area contributed by atoms with Crippen molar-refractivity contribution < 1.29 is 9.53 Å². The molecule has 32 heavy (non-hydrogen) atoms. The summed E-state index contributed by atoms with van der Waals surface area (Å²) in [4.78, 5) is 31.7. The molecule has 4 aromatic rings. The summed E-state index contributed by atoms with van der Waals surface area (Å²) in [6.45, 7) is 1.60. The van der Waals surface area contributed by atoms with Crippen molar-refractivity contribution in [1.29, 1.82) is 0 Å². The summed E-state index contributed by atoms with van der Waals surface area (Å²) in [5.41, 5.74) is 3.26. The minimum absolute atomic E-state index is 0.162. The van der Waals surface area contributed by atoms with Crippen LogP contribution in [0, 0.1) is 4.77 Å². The van der Waals surface area contributed by atoms with E-state index in [-0.39, 0.29) is 11.5 Å². The second kappa shape index (κ2) is 9.93. The van der Waals surface area contributed by atoms with Crippen molar-refractivity contribution in [3.05, 3.63) is 74.9 Å². The van der Waals surface area contributed by atoms with Crippen molar-refractivity contribution in [2.75, 3.05) is 20.3 Å². The molecule has 0 fully saturated rings. The molecule has 0 aliphatic rings.